The second-order valence-electron chi connectivity index (χ2n) is 10.8. The van der Waals surface area contributed by atoms with Gasteiger partial charge in [0.25, 0.3) is 0 Å². The van der Waals surface area contributed by atoms with Crippen molar-refractivity contribution in [2.75, 3.05) is 26.8 Å². The average molecular weight is 545 g/mol. The number of nitrogens with two attached hydrogens (primary N) is 1. The number of halogens is 1. The maximum atomic E-state index is 14.1. The number of ether oxygens (including phenoxy) is 1. The third kappa shape index (κ3) is 6.51. The number of carbonyl (C=O) groups is 1. The van der Waals surface area contributed by atoms with Gasteiger partial charge < -0.3 is 24.9 Å². The van der Waals surface area contributed by atoms with Gasteiger partial charge in [-0.15, -0.1) is 0 Å². The van der Waals surface area contributed by atoms with Crippen LogP contribution in [0.4, 0.5) is 4.39 Å². The number of pyridine rings is 1. The lowest BCUT2D eigenvalue weighted by Crippen LogP contribution is -2.42. The van der Waals surface area contributed by atoms with Crippen LogP contribution in [0.2, 0.25) is 0 Å². The Bertz CT molecular complexity index is 1490. The molecule has 40 heavy (non-hydrogen) atoms. The number of likely N-dealkylation sites (tertiary alicyclic amines) is 1. The van der Waals surface area contributed by atoms with E-state index in [0.717, 1.165) is 65.6 Å². The minimum absolute atomic E-state index is 0.0788. The van der Waals surface area contributed by atoms with E-state index < -0.39 is 0 Å². The number of benzene rings is 2. The molecule has 5 rings (SSSR count). The molecule has 1 amide bonds. The van der Waals surface area contributed by atoms with Crippen molar-refractivity contribution in [3.05, 3.63) is 94.3 Å². The lowest BCUT2D eigenvalue weighted by Gasteiger charge is -2.34. The number of aromatic amines is 1. The molecule has 0 radical (unpaired) electrons. The Morgan fingerprint density at radius 1 is 1.12 bits per heavy atom. The molecule has 0 aliphatic carbocycles. The highest BCUT2D eigenvalue weighted by atomic mass is 19.1. The summed E-state index contributed by atoms with van der Waals surface area (Å²) in [5, 5.41) is 1.02. The molecule has 0 saturated carbocycles. The fourth-order valence-electron chi connectivity index (χ4n) is 5.80. The van der Waals surface area contributed by atoms with E-state index in [2.05, 4.69) is 15.6 Å². The molecule has 0 spiro atoms. The van der Waals surface area contributed by atoms with Crippen LogP contribution in [-0.2, 0) is 22.5 Å². The van der Waals surface area contributed by atoms with Gasteiger partial charge in [0, 0.05) is 75.1 Å². The van der Waals surface area contributed by atoms with Crippen LogP contribution in [0, 0.1) is 5.82 Å². The third-order valence-electron chi connectivity index (χ3n) is 7.83. The maximum Gasteiger partial charge on any atom is 0.247 e. The number of nitrogens with zero attached hydrogens (tertiary/aromatic N) is 2. The van der Waals surface area contributed by atoms with Gasteiger partial charge in [-0.05, 0) is 72.7 Å². The Hall–Kier alpha value is -3.75. The van der Waals surface area contributed by atoms with Crippen molar-refractivity contribution in [1.82, 2.24) is 14.5 Å². The quantitative estimate of drug-likeness (QED) is 0.280. The fraction of sp³-hybridized carbons (Fsp3) is 0.375. The Morgan fingerprint density at radius 3 is 2.67 bits per heavy atom. The van der Waals surface area contributed by atoms with Crippen LogP contribution in [0.3, 0.4) is 0 Å². The summed E-state index contributed by atoms with van der Waals surface area (Å²) in [5.74, 6) is 0.0215. The number of fused-ring (bicyclic) bond motifs is 1. The Kier molecular flexibility index (Phi) is 8.77. The van der Waals surface area contributed by atoms with E-state index >= 15 is 0 Å². The Balaban J connectivity index is 1.22. The first-order valence-corrected chi connectivity index (χ1v) is 14.0. The van der Waals surface area contributed by atoms with Crippen molar-refractivity contribution in [2.24, 2.45) is 5.73 Å². The van der Waals surface area contributed by atoms with Crippen LogP contribution in [0.5, 0.6) is 0 Å². The van der Waals surface area contributed by atoms with E-state index in [0.29, 0.717) is 19.6 Å². The zero-order chi connectivity index (χ0) is 28.1. The number of amides is 1. The van der Waals surface area contributed by atoms with E-state index in [-0.39, 0.29) is 35.7 Å². The van der Waals surface area contributed by atoms with Crippen LogP contribution in [0.1, 0.15) is 42.9 Å². The van der Waals surface area contributed by atoms with E-state index in [1.54, 1.807) is 25.4 Å². The number of nitrogens with one attached hydrogen (secondary N) is 1. The van der Waals surface area contributed by atoms with Gasteiger partial charge in [-0.25, -0.2) is 4.39 Å². The van der Waals surface area contributed by atoms with E-state index in [1.165, 1.54) is 12.1 Å². The van der Waals surface area contributed by atoms with Gasteiger partial charge >= 0.3 is 0 Å². The number of aryl methyl sites for hydroxylation is 1. The highest BCUT2D eigenvalue weighted by Gasteiger charge is 2.28. The number of aromatic nitrogens is 2. The van der Waals surface area contributed by atoms with E-state index in [9.17, 15) is 14.0 Å². The standard InChI is InChI=1S/C32H37FN4O3/c1-40-15-3-14-37-29(17-24-9-11-27(33)18-30(24)37)26-4-2-13-36(21-26)32(39)19-28(34)16-22-5-7-23(8-6-22)25-10-12-31(38)35-20-25/h5-12,17-18,20,26,28H,2-4,13-16,19,21,34H2,1H3,(H,35,38)/t26?,28-/m1/s1. The molecule has 2 aromatic carbocycles. The van der Waals surface area contributed by atoms with Gasteiger partial charge in [-0.3, -0.25) is 9.59 Å². The minimum atomic E-state index is -0.282. The van der Waals surface area contributed by atoms with Crippen molar-refractivity contribution >= 4 is 16.8 Å². The number of methoxy groups -OCH3 is 1. The summed E-state index contributed by atoms with van der Waals surface area (Å²) >= 11 is 0. The van der Waals surface area contributed by atoms with Crippen LogP contribution < -0.4 is 11.3 Å². The molecule has 210 valence electrons. The minimum Gasteiger partial charge on any atom is -0.385 e. The van der Waals surface area contributed by atoms with Crippen molar-refractivity contribution in [3.8, 4) is 11.1 Å². The molecule has 1 aliphatic rings. The summed E-state index contributed by atoms with van der Waals surface area (Å²) in [6.07, 6.45) is 5.34. The molecule has 2 atom stereocenters. The summed E-state index contributed by atoms with van der Waals surface area (Å²) in [4.78, 5) is 29.3. The number of hydrogen-bond donors (Lipinski definition) is 2. The number of H-pyrrole nitrogens is 1. The molecule has 3 N–H and O–H groups in total. The van der Waals surface area contributed by atoms with Gasteiger partial charge in [0.2, 0.25) is 11.5 Å². The first-order chi connectivity index (χ1) is 19.4. The normalized spacial score (nSPS) is 16.4. The number of piperidine rings is 1. The van der Waals surface area contributed by atoms with Crippen molar-refractivity contribution in [3.63, 3.8) is 0 Å². The first kappa shape index (κ1) is 27.8. The van der Waals surface area contributed by atoms with Crippen LogP contribution in [-0.4, -0.2) is 53.2 Å². The zero-order valence-electron chi connectivity index (χ0n) is 22.9. The molecular formula is C32H37FN4O3. The molecule has 2 aromatic heterocycles. The lowest BCUT2D eigenvalue weighted by molar-refractivity contribution is -0.132. The lowest BCUT2D eigenvalue weighted by atomic mass is 9.93. The zero-order valence-corrected chi connectivity index (χ0v) is 22.9. The molecule has 1 fully saturated rings. The summed E-state index contributed by atoms with van der Waals surface area (Å²) in [6, 6.07) is 18.2. The molecule has 7 nitrogen and oxygen atoms in total. The van der Waals surface area contributed by atoms with Crippen molar-refractivity contribution in [2.45, 2.75) is 50.6 Å². The second-order valence-corrected chi connectivity index (χ2v) is 10.8. The van der Waals surface area contributed by atoms with Crippen LogP contribution in [0.15, 0.2) is 71.7 Å². The molecule has 1 saturated heterocycles. The van der Waals surface area contributed by atoms with E-state index in [4.69, 9.17) is 10.5 Å². The van der Waals surface area contributed by atoms with Gasteiger partial charge in [-0.2, -0.15) is 0 Å². The fourth-order valence-corrected chi connectivity index (χ4v) is 5.80. The molecule has 3 heterocycles. The van der Waals surface area contributed by atoms with Gasteiger partial charge in [0.1, 0.15) is 5.82 Å². The summed E-state index contributed by atoms with van der Waals surface area (Å²) in [6.45, 7) is 2.75. The average Bonchev–Trinajstić information content (AvgIpc) is 3.31. The predicted molar refractivity (Wildman–Crippen MR) is 156 cm³/mol. The van der Waals surface area contributed by atoms with Gasteiger partial charge in [-0.1, -0.05) is 24.3 Å². The highest BCUT2D eigenvalue weighted by molar-refractivity contribution is 5.82. The summed E-state index contributed by atoms with van der Waals surface area (Å²) in [5.41, 5.74) is 11.4. The predicted octanol–water partition coefficient (Wildman–Crippen LogP) is 4.84. The number of rotatable bonds is 10. The monoisotopic (exact) mass is 544 g/mol. The Labute approximate surface area is 233 Å². The Morgan fingerprint density at radius 2 is 1.93 bits per heavy atom. The van der Waals surface area contributed by atoms with E-state index in [1.807, 2.05) is 35.2 Å². The van der Waals surface area contributed by atoms with Crippen LogP contribution >= 0.6 is 0 Å². The topological polar surface area (TPSA) is 93.3 Å². The van der Waals surface area contributed by atoms with Gasteiger partial charge in [0.15, 0.2) is 0 Å². The van der Waals surface area contributed by atoms with Crippen molar-refractivity contribution < 1.29 is 13.9 Å². The number of carbonyl (C=O) groups excluding carboxylic acids is 1. The molecule has 0 bridgehead atoms. The molecule has 1 aliphatic heterocycles. The molecular weight excluding hydrogens is 507 g/mol. The van der Waals surface area contributed by atoms with Crippen molar-refractivity contribution in [1.29, 1.82) is 0 Å². The highest BCUT2D eigenvalue weighted by Crippen LogP contribution is 2.33. The number of hydrogen-bond acceptors (Lipinski definition) is 4. The molecule has 8 heteroatoms. The smallest absolute Gasteiger partial charge is 0.247 e. The summed E-state index contributed by atoms with van der Waals surface area (Å²) < 4.78 is 21.6. The maximum absolute atomic E-state index is 14.1. The first-order valence-electron chi connectivity index (χ1n) is 14.0. The summed E-state index contributed by atoms with van der Waals surface area (Å²) in [7, 11) is 1.69. The SMILES string of the molecule is COCCCn1c(C2CCCN(C(=O)C[C@H](N)Cc3ccc(-c4ccc(=O)[nH]c4)cc3)C2)cc2ccc(F)cc21. The van der Waals surface area contributed by atoms with Gasteiger partial charge in [0.05, 0.1) is 5.52 Å². The third-order valence-corrected chi connectivity index (χ3v) is 7.83. The van der Waals surface area contributed by atoms with Crippen LogP contribution in [0.25, 0.3) is 22.0 Å². The largest absolute Gasteiger partial charge is 0.385 e. The molecule has 1 unspecified atom stereocenters. The second kappa shape index (κ2) is 12.6. The molecule has 4 aromatic rings.